The Labute approximate surface area is 422 Å². The number of aryl methyl sites for hydroxylation is 5. The Balaban J connectivity index is 1.18. The largest absolute Gasteiger partial charge is 0.307 e. The highest BCUT2D eigenvalue weighted by Gasteiger charge is 2.21. The van der Waals surface area contributed by atoms with Gasteiger partial charge in [0.05, 0.1) is 20.3 Å². The molecule has 66 heavy (non-hydrogen) atoms. The molecule has 0 aliphatic rings. The fourth-order valence-electron chi connectivity index (χ4n) is 10.0. The number of unbranched alkanes of at least 4 members (excludes halogenated alkanes) is 27. The van der Waals surface area contributed by atoms with Crippen molar-refractivity contribution in [1.29, 1.82) is 0 Å². The van der Waals surface area contributed by atoms with Crippen molar-refractivity contribution in [2.24, 2.45) is 0 Å². The topological polar surface area (TPSA) is 22.0 Å². The highest BCUT2D eigenvalue weighted by atomic mass is 32.1. The van der Waals surface area contributed by atoms with E-state index in [1.54, 1.807) is 16.9 Å². The van der Waals surface area contributed by atoms with Crippen LogP contribution in [0, 0.1) is 13.8 Å². The highest BCUT2D eigenvalue weighted by molar-refractivity contribution is 7.32. The zero-order valence-electron chi connectivity index (χ0n) is 42.2. The monoisotopic (exact) mass is 986 g/mol. The summed E-state index contributed by atoms with van der Waals surface area (Å²) in [7, 11) is 0. The summed E-state index contributed by atoms with van der Waals surface area (Å²) in [5, 5.41) is 0.918. The van der Waals surface area contributed by atoms with Crippen LogP contribution in [0.2, 0.25) is 0 Å². The maximum absolute atomic E-state index is 14.2. The van der Waals surface area contributed by atoms with Crippen LogP contribution in [0.15, 0.2) is 41.2 Å². The molecule has 0 aromatic carbocycles. The van der Waals surface area contributed by atoms with Crippen molar-refractivity contribution in [3.05, 3.63) is 67.6 Å². The first-order valence-corrected chi connectivity index (χ1v) is 31.4. The molecule has 7 heteroatoms. The van der Waals surface area contributed by atoms with E-state index in [4.69, 9.17) is 0 Å². The van der Waals surface area contributed by atoms with Gasteiger partial charge in [0.15, 0.2) is 0 Å². The molecule has 0 spiro atoms. The minimum Gasteiger partial charge on any atom is -0.307 e. The molecular weight excluding hydrogens is 899 g/mol. The third kappa shape index (κ3) is 16.3. The van der Waals surface area contributed by atoms with Crippen molar-refractivity contribution in [1.82, 2.24) is 4.57 Å². The van der Waals surface area contributed by atoms with E-state index in [2.05, 4.69) is 75.6 Å². The average molecular weight is 987 g/mol. The number of rotatable bonds is 36. The van der Waals surface area contributed by atoms with Crippen LogP contribution in [-0.4, -0.2) is 4.57 Å². The molecule has 0 atom stereocenters. The number of hydrogen-bond donors (Lipinski definition) is 0. The quantitative estimate of drug-likeness (QED) is 0.0360. The predicted molar refractivity (Wildman–Crippen MR) is 304 cm³/mol. The molecule has 0 N–H and O–H groups in total. The first-order chi connectivity index (χ1) is 32.4. The molecule has 6 aromatic rings. The number of fused-ring (bicyclic) bond motifs is 3. The fourth-order valence-corrected chi connectivity index (χ4v) is 16.0. The minimum atomic E-state index is 0.207. The molecule has 0 aliphatic carbocycles. The zero-order valence-corrected chi connectivity index (χ0v) is 46.3. The van der Waals surface area contributed by atoms with Crippen LogP contribution in [0.1, 0.15) is 234 Å². The van der Waals surface area contributed by atoms with Crippen molar-refractivity contribution < 1.29 is 0 Å². The molecule has 0 radical (unpaired) electrons. The summed E-state index contributed by atoms with van der Waals surface area (Å²) in [4.78, 5) is 25.4. The van der Waals surface area contributed by atoms with E-state index in [0.29, 0.717) is 0 Å². The lowest BCUT2D eigenvalue weighted by atomic mass is 10.0. The fraction of sp³-hybridized carbons (Fsp3) is 0.644. The third-order valence-electron chi connectivity index (χ3n) is 13.9. The lowest BCUT2D eigenvalue weighted by Gasteiger charge is -2.09. The molecule has 0 saturated heterocycles. The Morgan fingerprint density at radius 3 is 1.33 bits per heavy atom. The molecule has 0 amide bonds. The summed E-state index contributed by atoms with van der Waals surface area (Å²) in [5.41, 5.74) is 4.44. The number of nitrogens with zero attached hydrogens (tertiary/aromatic N) is 1. The Kier molecular flexibility index (Phi) is 24.1. The number of thiophene rings is 5. The van der Waals surface area contributed by atoms with Gasteiger partial charge >= 0.3 is 0 Å². The summed E-state index contributed by atoms with van der Waals surface area (Å²) in [6.07, 6.45) is 42.9. The second-order valence-electron chi connectivity index (χ2n) is 19.8. The van der Waals surface area contributed by atoms with E-state index < -0.39 is 0 Å². The normalized spacial score (nSPS) is 12.0. The standard InChI is InChI=1S/C59H87NOS5/c1-6-9-12-15-18-21-24-27-30-33-36-47-41-45(4)62-55(47)51-38-39-52(64-51)56-48(37-34-31-28-25-22-19-16-13-10-7-2)43-53(65-56)54-44-50-58(66-54)57-49(42-46(5)63-57)59(61)60(50)40-35-32-29-26-23-20-17-14-11-8-3/h38-39,41-44H,6-37,40H2,1-5H3. The predicted octanol–water partition coefficient (Wildman–Crippen LogP) is 21.9. The van der Waals surface area contributed by atoms with Crippen LogP contribution in [-0.2, 0) is 19.4 Å². The Bertz CT molecular complexity index is 2320. The van der Waals surface area contributed by atoms with E-state index in [-0.39, 0.29) is 5.56 Å². The zero-order chi connectivity index (χ0) is 46.4. The Morgan fingerprint density at radius 2 is 0.818 bits per heavy atom. The molecule has 0 unspecified atom stereocenters. The number of pyridine rings is 1. The van der Waals surface area contributed by atoms with Crippen LogP contribution in [0.4, 0.5) is 0 Å². The van der Waals surface area contributed by atoms with Gasteiger partial charge in [-0.25, -0.2) is 0 Å². The van der Waals surface area contributed by atoms with Gasteiger partial charge in [-0.2, -0.15) is 0 Å². The molecule has 6 heterocycles. The van der Waals surface area contributed by atoms with Crippen LogP contribution >= 0.6 is 56.7 Å². The maximum Gasteiger partial charge on any atom is 0.259 e. The van der Waals surface area contributed by atoms with Crippen LogP contribution in [0.3, 0.4) is 0 Å². The molecular formula is C59H87NOS5. The van der Waals surface area contributed by atoms with Gasteiger partial charge in [-0.15, -0.1) is 56.7 Å². The van der Waals surface area contributed by atoms with Gasteiger partial charge in [0.25, 0.3) is 5.56 Å². The molecule has 0 aliphatic heterocycles. The van der Waals surface area contributed by atoms with Crippen molar-refractivity contribution in [3.63, 3.8) is 0 Å². The van der Waals surface area contributed by atoms with Crippen molar-refractivity contribution in [2.45, 2.75) is 247 Å². The molecule has 6 aromatic heterocycles. The van der Waals surface area contributed by atoms with Crippen molar-refractivity contribution in [2.75, 3.05) is 0 Å². The molecule has 0 fully saturated rings. The van der Waals surface area contributed by atoms with Crippen LogP contribution in [0.25, 0.3) is 49.6 Å². The lowest BCUT2D eigenvalue weighted by Crippen LogP contribution is -2.19. The van der Waals surface area contributed by atoms with E-state index in [1.165, 1.54) is 247 Å². The first kappa shape index (κ1) is 53.3. The molecule has 364 valence electrons. The van der Waals surface area contributed by atoms with Gasteiger partial charge in [-0.3, -0.25) is 4.79 Å². The van der Waals surface area contributed by atoms with Crippen LogP contribution < -0.4 is 5.56 Å². The van der Waals surface area contributed by atoms with Gasteiger partial charge in [0.1, 0.15) is 0 Å². The maximum atomic E-state index is 14.2. The summed E-state index contributed by atoms with van der Waals surface area (Å²) >= 11 is 9.76. The van der Waals surface area contributed by atoms with E-state index >= 15 is 0 Å². The number of hydrogen-bond acceptors (Lipinski definition) is 6. The van der Waals surface area contributed by atoms with E-state index in [1.807, 2.05) is 45.3 Å². The second-order valence-corrected chi connectivity index (χ2v) is 25.5. The van der Waals surface area contributed by atoms with Gasteiger partial charge in [-0.05, 0) is 93.5 Å². The van der Waals surface area contributed by atoms with Crippen LogP contribution in [0.5, 0.6) is 0 Å². The highest BCUT2D eigenvalue weighted by Crippen LogP contribution is 2.48. The second kappa shape index (κ2) is 29.9. The smallest absolute Gasteiger partial charge is 0.259 e. The number of aromatic nitrogens is 1. The molecule has 6 rings (SSSR count). The van der Waals surface area contributed by atoms with Crippen molar-refractivity contribution >= 4 is 77.0 Å². The molecule has 0 bridgehead atoms. The summed E-state index contributed by atoms with van der Waals surface area (Å²) in [6, 6.07) is 14.4. The summed E-state index contributed by atoms with van der Waals surface area (Å²) < 4.78 is 4.64. The minimum absolute atomic E-state index is 0.207. The average Bonchev–Trinajstić information content (AvgIpc) is 4.17. The van der Waals surface area contributed by atoms with Gasteiger partial charge in [0, 0.05) is 45.6 Å². The Morgan fingerprint density at radius 1 is 0.394 bits per heavy atom. The third-order valence-corrected chi connectivity index (χ3v) is 20.2. The lowest BCUT2D eigenvalue weighted by molar-refractivity contribution is 0.536. The van der Waals surface area contributed by atoms with E-state index in [0.717, 1.165) is 30.3 Å². The van der Waals surface area contributed by atoms with Gasteiger partial charge < -0.3 is 4.57 Å². The van der Waals surface area contributed by atoms with Crippen molar-refractivity contribution in [3.8, 4) is 29.3 Å². The van der Waals surface area contributed by atoms with Gasteiger partial charge in [0.2, 0.25) is 0 Å². The van der Waals surface area contributed by atoms with E-state index in [9.17, 15) is 4.79 Å². The summed E-state index contributed by atoms with van der Waals surface area (Å²) in [6.45, 7) is 12.2. The Hall–Kier alpha value is -2.03. The first-order valence-electron chi connectivity index (χ1n) is 27.3. The SMILES string of the molecule is CCCCCCCCCCCCc1cc(C)sc1-c1ccc(-c2sc(-c3cc4c(s3)c3sc(C)cc3c(=O)n4CCCCCCCCCCCC)cc2CCCCCCCCCCCC)s1. The molecule has 2 nitrogen and oxygen atoms in total. The molecule has 0 saturated carbocycles. The van der Waals surface area contributed by atoms with Gasteiger partial charge in [-0.1, -0.05) is 194 Å². The summed E-state index contributed by atoms with van der Waals surface area (Å²) in [5.74, 6) is 0.